The predicted molar refractivity (Wildman–Crippen MR) is 115 cm³/mol. The van der Waals surface area contributed by atoms with Gasteiger partial charge in [-0.25, -0.2) is 18.2 Å². The van der Waals surface area contributed by atoms with E-state index in [4.69, 9.17) is 10.9 Å². The molecule has 31 heavy (non-hydrogen) atoms. The zero-order chi connectivity index (χ0) is 22.3. The summed E-state index contributed by atoms with van der Waals surface area (Å²) in [6, 6.07) is 11.5. The van der Waals surface area contributed by atoms with Crippen molar-refractivity contribution in [2.24, 2.45) is 10.9 Å². The van der Waals surface area contributed by atoms with Crippen LogP contribution in [0.15, 0.2) is 47.4 Å². The number of carbonyl (C=O) groups excluding carboxylic acids is 2. The van der Waals surface area contributed by atoms with Crippen LogP contribution in [0, 0.1) is 0 Å². The van der Waals surface area contributed by atoms with Crippen LogP contribution in [0.4, 0.5) is 5.69 Å². The number of fused-ring (bicyclic) bond motifs is 3. The minimum atomic E-state index is -3.84. The van der Waals surface area contributed by atoms with Crippen LogP contribution in [-0.2, 0) is 27.7 Å². The van der Waals surface area contributed by atoms with Crippen molar-refractivity contribution in [1.82, 2.24) is 9.78 Å². The molecule has 0 saturated carbocycles. The maximum absolute atomic E-state index is 12.1. The number of nitrogens with zero attached hydrogens (tertiary/aromatic N) is 2. The number of aromatic nitrogens is 2. The van der Waals surface area contributed by atoms with Gasteiger partial charge in [0.25, 0.3) is 5.91 Å². The lowest BCUT2D eigenvalue weighted by molar-refractivity contribution is -0.115. The maximum Gasteiger partial charge on any atom is 0.269 e. The van der Waals surface area contributed by atoms with Crippen molar-refractivity contribution in [2.45, 2.75) is 31.1 Å². The molecule has 0 radical (unpaired) electrons. The molecule has 1 aromatic heterocycles. The van der Waals surface area contributed by atoms with Crippen molar-refractivity contribution < 1.29 is 18.0 Å². The van der Waals surface area contributed by atoms with E-state index in [0.29, 0.717) is 36.3 Å². The Morgan fingerprint density at radius 3 is 2.45 bits per heavy atom. The van der Waals surface area contributed by atoms with Gasteiger partial charge >= 0.3 is 0 Å². The third-order valence-corrected chi connectivity index (χ3v) is 6.17. The molecule has 0 fully saturated rings. The summed E-state index contributed by atoms with van der Waals surface area (Å²) < 4.78 is 24.7. The summed E-state index contributed by atoms with van der Waals surface area (Å²) in [6.45, 7) is 1.77. The van der Waals surface area contributed by atoms with Gasteiger partial charge in [0, 0.05) is 23.2 Å². The number of amides is 2. The summed E-state index contributed by atoms with van der Waals surface area (Å²) in [6.07, 6.45) is 1.62. The van der Waals surface area contributed by atoms with E-state index in [-0.39, 0.29) is 16.5 Å². The number of primary sulfonamides is 1. The molecule has 9 nitrogen and oxygen atoms in total. The molecule has 0 saturated heterocycles. The van der Waals surface area contributed by atoms with Crippen LogP contribution >= 0.6 is 0 Å². The third-order valence-electron chi connectivity index (χ3n) is 5.24. The SMILES string of the molecule is CCC(=O)Nc1ccc2c(c1)-c1c(c(C(N)=O)nn1-c1ccc(S(N)(=O)=O)cc1)CC2. The van der Waals surface area contributed by atoms with Crippen molar-refractivity contribution in [1.29, 1.82) is 0 Å². The van der Waals surface area contributed by atoms with Gasteiger partial charge in [-0.05, 0) is 54.8 Å². The van der Waals surface area contributed by atoms with Gasteiger partial charge in [-0.2, -0.15) is 5.10 Å². The first-order chi connectivity index (χ1) is 14.7. The van der Waals surface area contributed by atoms with Gasteiger partial charge in [-0.3, -0.25) is 9.59 Å². The summed E-state index contributed by atoms with van der Waals surface area (Å²) in [7, 11) is -3.84. The number of aryl methyl sites for hydroxylation is 1. The fourth-order valence-electron chi connectivity index (χ4n) is 3.73. The van der Waals surface area contributed by atoms with Crippen LogP contribution in [0.1, 0.15) is 35.0 Å². The number of sulfonamides is 1. The average molecular weight is 439 g/mol. The quantitative estimate of drug-likeness (QED) is 0.553. The standard InChI is InChI=1S/C21H21N5O4S/c1-2-18(27)24-13-5-3-12-4-10-16-19(21(22)28)25-26(20(16)17(12)11-13)14-6-8-15(9-7-14)31(23,29)30/h3,5-9,11H,2,4,10H2,1H3,(H2,22,28)(H,24,27)(H2,23,29,30). The van der Waals surface area contributed by atoms with Crippen molar-refractivity contribution in [3.05, 3.63) is 59.3 Å². The molecule has 160 valence electrons. The minimum Gasteiger partial charge on any atom is -0.364 e. The van der Waals surface area contributed by atoms with Crippen LogP contribution < -0.4 is 16.2 Å². The Labute approximate surface area is 179 Å². The highest BCUT2D eigenvalue weighted by Gasteiger charge is 2.28. The lowest BCUT2D eigenvalue weighted by atomic mass is 9.88. The fraction of sp³-hybridized carbons (Fsp3) is 0.190. The highest BCUT2D eigenvalue weighted by Crippen LogP contribution is 2.38. The Morgan fingerprint density at radius 2 is 1.84 bits per heavy atom. The van der Waals surface area contributed by atoms with Crippen molar-refractivity contribution in [3.63, 3.8) is 0 Å². The summed E-state index contributed by atoms with van der Waals surface area (Å²) in [4.78, 5) is 23.9. The zero-order valence-electron chi connectivity index (χ0n) is 16.8. The van der Waals surface area contributed by atoms with Crippen LogP contribution in [0.2, 0.25) is 0 Å². The van der Waals surface area contributed by atoms with E-state index in [0.717, 1.165) is 16.7 Å². The Morgan fingerprint density at radius 1 is 1.13 bits per heavy atom. The third kappa shape index (κ3) is 3.82. The number of hydrogen-bond acceptors (Lipinski definition) is 5. The molecule has 0 spiro atoms. The lowest BCUT2D eigenvalue weighted by Gasteiger charge is -2.20. The van der Waals surface area contributed by atoms with Gasteiger partial charge in [0.05, 0.1) is 16.3 Å². The molecule has 1 aliphatic rings. The molecule has 5 N–H and O–H groups in total. The van der Waals surface area contributed by atoms with E-state index in [9.17, 15) is 18.0 Å². The molecule has 0 aliphatic heterocycles. The number of nitrogens with one attached hydrogen (secondary N) is 1. The molecular formula is C21H21N5O4S. The normalized spacial score (nSPS) is 12.7. The van der Waals surface area contributed by atoms with E-state index >= 15 is 0 Å². The number of rotatable bonds is 5. The summed E-state index contributed by atoms with van der Waals surface area (Å²) in [5.41, 5.74) is 10.2. The summed E-state index contributed by atoms with van der Waals surface area (Å²) in [5.74, 6) is -0.754. The van der Waals surface area contributed by atoms with Crippen LogP contribution in [0.5, 0.6) is 0 Å². The van der Waals surface area contributed by atoms with Gasteiger partial charge in [0.2, 0.25) is 15.9 Å². The minimum absolute atomic E-state index is 0.0302. The molecule has 0 unspecified atom stereocenters. The lowest BCUT2D eigenvalue weighted by Crippen LogP contribution is -2.15. The molecule has 0 atom stereocenters. The summed E-state index contributed by atoms with van der Waals surface area (Å²) in [5, 5.41) is 12.5. The van der Waals surface area contributed by atoms with Crippen molar-refractivity contribution >= 4 is 27.5 Å². The van der Waals surface area contributed by atoms with E-state index < -0.39 is 15.9 Å². The number of primary amides is 1. The Hall–Kier alpha value is -3.50. The molecule has 4 rings (SSSR count). The zero-order valence-corrected chi connectivity index (χ0v) is 17.6. The molecule has 10 heteroatoms. The summed E-state index contributed by atoms with van der Waals surface area (Å²) >= 11 is 0. The second-order valence-electron chi connectivity index (χ2n) is 7.26. The maximum atomic E-state index is 12.1. The predicted octanol–water partition coefficient (Wildman–Crippen LogP) is 1.73. The Balaban J connectivity index is 1.90. The van der Waals surface area contributed by atoms with Gasteiger partial charge < -0.3 is 11.1 Å². The smallest absolute Gasteiger partial charge is 0.269 e. The van der Waals surface area contributed by atoms with Crippen LogP contribution in [-0.4, -0.2) is 30.0 Å². The largest absolute Gasteiger partial charge is 0.364 e. The van der Waals surface area contributed by atoms with E-state index in [1.54, 1.807) is 23.7 Å². The highest BCUT2D eigenvalue weighted by atomic mass is 32.2. The average Bonchev–Trinajstić information content (AvgIpc) is 3.13. The molecule has 1 heterocycles. The van der Waals surface area contributed by atoms with Crippen molar-refractivity contribution in [3.8, 4) is 16.9 Å². The van der Waals surface area contributed by atoms with Crippen LogP contribution in [0.25, 0.3) is 16.9 Å². The van der Waals surface area contributed by atoms with E-state index in [1.165, 1.54) is 12.1 Å². The van der Waals surface area contributed by atoms with Gasteiger partial charge in [-0.1, -0.05) is 13.0 Å². The molecule has 0 bridgehead atoms. The fourth-order valence-corrected chi connectivity index (χ4v) is 4.24. The van der Waals surface area contributed by atoms with E-state index in [2.05, 4.69) is 10.4 Å². The van der Waals surface area contributed by atoms with Gasteiger partial charge in [0.1, 0.15) is 0 Å². The number of carbonyl (C=O) groups is 2. The molecule has 2 aromatic carbocycles. The topological polar surface area (TPSA) is 150 Å². The molecule has 3 aromatic rings. The number of benzene rings is 2. The number of nitrogens with two attached hydrogens (primary N) is 2. The Kier molecular flexibility index (Phi) is 5.11. The van der Waals surface area contributed by atoms with E-state index in [1.807, 2.05) is 18.2 Å². The molecule has 2 amide bonds. The van der Waals surface area contributed by atoms with Crippen LogP contribution in [0.3, 0.4) is 0 Å². The Bertz CT molecular complexity index is 1310. The number of hydrogen-bond donors (Lipinski definition) is 3. The highest BCUT2D eigenvalue weighted by molar-refractivity contribution is 7.89. The first-order valence-corrected chi connectivity index (χ1v) is 11.2. The first-order valence-electron chi connectivity index (χ1n) is 9.67. The monoisotopic (exact) mass is 439 g/mol. The van der Waals surface area contributed by atoms with Crippen molar-refractivity contribution in [2.75, 3.05) is 5.32 Å². The van der Waals surface area contributed by atoms with Gasteiger partial charge in [0.15, 0.2) is 5.69 Å². The molecular weight excluding hydrogens is 418 g/mol. The first kappa shape index (κ1) is 20.8. The second-order valence-corrected chi connectivity index (χ2v) is 8.83. The van der Waals surface area contributed by atoms with Gasteiger partial charge in [-0.15, -0.1) is 0 Å². The number of anilines is 1. The second kappa shape index (κ2) is 7.64. The molecule has 1 aliphatic carbocycles.